The monoisotopic (exact) mass is 262 g/mol. The number of rotatable bonds is 6. The highest BCUT2D eigenvalue weighted by molar-refractivity contribution is 5.30. The highest BCUT2D eigenvalue weighted by Gasteiger charge is 2.26. The molecule has 108 valence electrons. The van der Waals surface area contributed by atoms with Crippen LogP contribution >= 0.6 is 0 Å². The first-order chi connectivity index (χ1) is 8.72. The molecule has 0 unspecified atom stereocenters. The predicted octanol–water partition coefficient (Wildman–Crippen LogP) is 5.38. The number of phenols is 1. The minimum absolute atomic E-state index is 0.165. The van der Waals surface area contributed by atoms with Crippen LogP contribution in [0.15, 0.2) is 24.3 Å². The lowest BCUT2D eigenvalue weighted by atomic mass is 9.73. The zero-order valence-corrected chi connectivity index (χ0v) is 13.4. The molecule has 19 heavy (non-hydrogen) atoms. The number of aromatic hydroxyl groups is 1. The van der Waals surface area contributed by atoms with Gasteiger partial charge in [-0.15, -0.1) is 0 Å². The fourth-order valence-electron chi connectivity index (χ4n) is 3.01. The Kier molecular flexibility index (Phi) is 5.46. The second-order valence-electron chi connectivity index (χ2n) is 7.22. The second-order valence-corrected chi connectivity index (χ2v) is 7.22. The van der Waals surface area contributed by atoms with Gasteiger partial charge in [-0.3, -0.25) is 0 Å². The third-order valence-corrected chi connectivity index (χ3v) is 4.30. The van der Waals surface area contributed by atoms with Gasteiger partial charge >= 0.3 is 0 Å². The number of hydrogen-bond acceptors (Lipinski definition) is 1. The van der Waals surface area contributed by atoms with Gasteiger partial charge in [-0.25, -0.2) is 0 Å². The van der Waals surface area contributed by atoms with Crippen LogP contribution in [0.5, 0.6) is 5.75 Å². The maximum Gasteiger partial charge on any atom is 0.115 e. The lowest BCUT2D eigenvalue weighted by Crippen LogP contribution is -2.24. The highest BCUT2D eigenvalue weighted by Crippen LogP contribution is 2.35. The van der Waals surface area contributed by atoms with Crippen molar-refractivity contribution < 1.29 is 5.11 Å². The van der Waals surface area contributed by atoms with E-state index in [4.69, 9.17) is 0 Å². The van der Waals surface area contributed by atoms with Gasteiger partial charge in [0.15, 0.2) is 0 Å². The fourth-order valence-corrected chi connectivity index (χ4v) is 3.01. The summed E-state index contributed by atoms with van der Waals surface area (Å²) in [5, 5.41) is 9.39. The molecule has 0 bridgehead atoms. The van der Waals surface area contributed by atoms with Crippen molar-refractivity contribution in [2.75, 3.05) is 0 Å². The van der Waals surface area contributed by atoms with E-state index in [0.717, 1.165) is 11.8 Å². The van der Waals surface area contributed by atoms with Gasteiger partial charge in [0.2, 0.25) is 0 Å². The number of hydrogen-bond donors (Lipinski definition) is 1. The van der Waals surface area contributed by atoms with Gasteiger partial charge in [0.25, 0.3) is 0 Å². The molecule has 0 saturated carbocycles. The van der Waals surface area contributed by atoms with Gasteiger partial charge in [-0.2, -0.15) is 0 Å². The van der Waals surface area contributed by atoms with E-state index in [2.05, 4.69) is 53.7 Å². The van der Waals surface area contributed by atoms with Gasteiger partial charge in [0, 0.05) is 0 Å². The Morgan fingerprint density at radius 3 is 1.95 bits per heavy atom. The molecule has 0 fully saturated rings. The highest BCUT2D eigenvalue weighted by atomic mass is 16.3. The molecule has 1 rings (SSSR count). The van der Waals surface area contributed by atoms with Crippen LogP contribution in [0, 0.1) is 17.8 Å². The lowest BCUT2D eigenvalue weighted by molar-refractivity contribution is 0.262. The quantitative estimate of drug-likeness (QED) is 0.730. The van der Waals surface area contributed by atoms with Crippen LogP contribution in [-0.2, 0) is 5.41 Å². The van der Waals surface area contributed by atoms with E-state index in [9.17, 15) is 5.11 Å². The van der Waals surface area contributed by atoms with Crippen molar-refractivity contribution in [1.29, 1.82) is 0 Å². The van der Waals surface area contributed by atoms with Crippen molar-refractivity contribution in [3.63, 3.8) is 0 Å². The first-order valence-corrected chi connectivity index (χ1v) is 7.52. The molecular weight excluding hydrogens is 232 g/mol. The smallest absolute Gasteiger partial charge is 0.115 e. The standard InChI is InChI=1S/C18H30O/c1-13(2)11-14(3)15(4)12-18(5,6)16-7-9-17(19)10-8-16/h7-10,13-15,19H,11-12H2,1-6H3/t14-,15+/m0/s1. The Balaban J connectivity index is 2.70. The number of phenolic OH excluding ortho intramolecular Hbond substituents is 1. The molecule has 0 aromatic heterocycles. The van der Waals surface area contributed by atoms with Crippen LogP contribution in [0.3, 0.4) is 0 Å². The minimum Gasteiger partial charge on any atom is -0.508 e. The van der Waals surface area contributed by atoms with Crippen LogP contribution in [-0.4, -0.2) is 5.11 Å². The molecule has 0 radical (unpaired) electrons. The van der Waals surface area contributed by atoms with E-state index in [1.807, 2.05) is 0 Å². The average molecular weight is 262 g/mol. The maximum atomic E-state index is 9.39. The SMILES string of the molecule is CC(C)C[C@H](C)[C@H](C)CC(C)(C)c1ccc(O)cc1. The van der Waals surface area contributed by atoms with Gasteiger partial charge in [-0.1, -0.05) is 53.7 Å². The van der Waals surface area contributed by atoms with E-state index in [1.54, 1.807) is 12.1 Å². The molecule has 0 aliphatic rings. The van der Waals surface area contributed by atoms with Crippen molar-refractivity contribution in [1.82, 2.24) is 0 Å². The van der Waals surface area contributed by atoms with Gasteiger partial charge < -0.3 is 5.11 Å². The summed E-state index contributed by atoms with van der Waals surface area (Å²) in [6.45, 7) is 13.9. The predicted molar refractivity (Wildman–Crippen MR) is 83.5 cm³/mol. The van der Waals surface area contributed by atoms with Crippen molar-refractivity contribution in [2.45, 2.75) is 59.8 Å². The van der Waals surface area contributed by atoms with E-state index < -0.39 is 0 Å². The Labute approximate surface area is 119 Å². The molecule has 1 aromatic carbocycles. The molecule has 0 aliphatic heterocycles. The summed E-state index contributed by atoms with van der Waals surface area (Å²) in [7, 11) is 0. The summed E-state index contributed by atoms with van der Waals surface area (Å²) in [5.41, 5.74) is 1.48. The maximum absolute atomic E-state index is 9.39. The molecule has 2 atom stereocenters. The van der Waals surface area contributed by atoms with Crippen molar-refractivity contribution in [3.8, 4) is 5.75 Å². The normalized spacial score (nSPS) is 15.5. The second kappa shape index (κ2) is 6.45. The summed E-state index contributed by atoms with van der Waals surface area (Å²) in [4.78, 5) is 0. The summed E-state index contributed by atoms with van der Waals surface area (Å²) in [6, 6.07) is 7.68. The van der Waals surface area contributed by atoms with Crippen LogP contribution in [0.1, 0.15) is 59.9 Å². The van der Waals surface area contributed by atoms with Crippen LogP contribution in [0.4, 0.5) is 0 Å². The molecule has 0 aliphatic carbocycles. The molecule has 0 heterocycles. The van der Waals surface area contributed by atoms with Crippen LogP contribution < -0.4 is 0 Å². The molecule has 1 nitrogen and oxygen atoms in total. The molecule has 0 saturated heterocycles. The van der Waals surface area contributed by atoms with E-state index >= 15 is 0 Å². The van der Waals surface area contributed by atoms with Crippen molar-refractivity contribution >= 4 is 0 Å². The minimum atomic E-state index is 0.165. The Morgan fingerprint density at radius 2 is 1.47 bits per heavy atom. The molecule has 1 aromatic rings. The summed E-state index contributed by atoms with van der Waals surface area (Å²) in [5.74, 6) is 2.60. The average Bonchev–Trinajstić information content (AvgIpc) is 2.27. The fraction of sp³-hybridized carbons (Fsp3) is 0.667. The van der Waals surface area contributed by atoms with Gasteiger partial charge in [0.1, 0.15) is 5.75 Å². The summed E-state index contributed by atoms with van der Waals surface area (Å²) < 4.78 is 0. The topological polar surface area (TPSA) is 20.2 Å². The largest absolute Gasteiger partial charge is 0.508 e. The first kappa shape index (κ1) is 16.1. The third kappa shape index (κ3) is 4.89. The van der Waals surface area contributed by atoms with Crippen molar-refractivity contribution in [3.05, 3.63) is 29.8 Å². The molecule has 0 spiro atoms. The Bertz CT molecular complexity index is 375. The van der Waals surface area contributed by atoms with E-state index in [-0.39, 0.29) is 5.41 Å². The van der Waals surface area contributed by atoms with Gasteiger partial charge in [0.05, 0.1) is 0 Å². The molecular formula is C18H30O. The van der Waals surface area contributed by atoms with Gasteiger partial charge in [-0.05, 0) is 53.7 Å². The van der Waals surface area contributed by atoms with E-state index in [0.29, 0.717) is 11.7 Å². The molecule has 1 heteroatoms. The van der Waals surface area contributed by atoms with Crippen LogP contribution in [0.25, 0.3) is 0 Å². The third-order valence-electron chi connectivity index (χ3n) is 4.30. The van der Waals surface area contributed by atoms with Crippen LogP contribution in [0.2, 0.25) is 0 Å². The Morgan fingerprint density at radius 1 is 0.947 bits per heavy atom. The Hall–Kier alpha value is -0.980. The lowest BCUT2D eigenvalue weighted by Gasteiger charge is -2.32. The summed E-state index contributed by atoms with van der Waals surface area (Å²) >= 11 is 0. The number of benzene rings is 1. The summed E-state index contributed by atoms with van der Waals surface area (Å²) in [6.07, 6.45) is 2.48. The van der Waals surface area contributed by atoms with E-state index in [1.165, 1.54) is 18.4 Å². The molecule has 1 N–H and O–H groups in total. The molecule has 0 amide bonds. The zero-order chi connectivity index (χ0) is 14.6. The van der Waals surface area contributed by atoms with Crippen molar-refractivity contribution in [2.24, 2.45) is 17.8 Å². The first-order valence-electron chi connectivity index (χ1n) is 7.52. The zero-order valence-electron chi connectivity index (χ0n) is 13.4.